The number of benzene rings is 2. The Morgan fingerprint density at radius 3 is 2.22 bits per heavy atom. The molecule has 0 unspecified atom stereocenters. The van der Waals surface area contributed by atoms with Crippen LogP contribution < -0.4 is 5.32 Å². The predicted molar refractivity (Wildman–Crippen MR) is 123 cm³/mol. The summed E-state index contributed by atoms with van der Waals surface area (Å²) in [6.45, 7) is 3.96. The van der Waals surface area contributed by atoms with Crippen molar-refractivity contribution in [1.29, 1.82) is 0 Å². The summed E-state index contributed by atoms with van der Waals surface area (Å²) in [6.07, 6.45) is 2.89. The second-order valence-corrected chi connectivity index (χ2v) is 10.4. The van der Waals surface area contributed by atoms with E-state index in [9.17, 15) is 18.0 Å². The number of sulfonamides is 1. The average molecular weight is 456 g/mol. The molecule has 0 aromatic heterocycles. The van der Waals surface area contributed by atoms with Crippen molar-refractivity contribution >= 4 is 27.5 Å². The van der Waals surface area contributed by atoms with Crippen LogP contribution in [0.15, 0.2) is 53.4 Å². The zero-order chi connectivity index (χ0) is 22.7. The van der Waals surface area contributed by atoms with Gasteiger partial charge in [-0.05, 0) is 56.4 Å². The lowest BCUT2D eigenvalue weighted by Gasteiger charge is -2.31. The summed E-state index contributed by atoms with van der Waals surface area (Å²) < 4.78 is 27.1. The minimum Gasteiger partial charge on any atom is -0.339 e. The van der Waals surface area contributed by atoms with Gasteiger partial charge in [0.2, 0.25) is 15.9 Å². The first-order valence-corrected chi connectivity index (χ1v) is 12.6. The molecule has 0 atom stereocenters. The van der Waals surface area contributed by atoms with Crippen LogP contribution in [0.1, 0.15) is 41.6 Å². The molecule has 2 amide bonds. The normalized spacial score (nSPS) is 18.0. The quantitative estimate of drug-likeness (QED) is 0.750. The molecule has 32 heavy (non-hydrogen) atoms. The van der Waals surface area contributed by atoms with Crippen molar-refractivity contribution in [2.45, 2.75) is 37.5 Å². The maximum atomic E-state index is 13.0. The van der Waals surface area contributed by atoms with Gasteiger partial charge in [0.15, 0.2) is 0 Å². The molecule has 8 heteroatoms. The molecule has 0 spiro atoms. The first kappa shape index (κ1) is 22.5. The van der Waals surface area contributed by atoms with Gasteiger partial charge >= 0.3 is 0 Å². The second kappa shape index (κ2) is 9.42. The molecule has 1 N–H and O–H groups in total. The Hall–Kier alpha value is -2.71. The van der Waals surface area contributed by atoms with Crippen LogP contribution in [-0.2, 0) is 14.8 Å². The van der Waals surface area contributed by atoms with Crippen LogP contribution >= 0.6 is 0 Å². The molecular formula is C24H29N3O4S. The number of nitrogens with zero attached hydrogens (tertiary/aromatic N) is 2. The fourth-order valence-corrected chi connectivity index (χ4v) is 5.92. The number of hydrogen-bond donors (Lipinski definition) is 1. The van der Waals surface area contributed by atoms with Crippen molar-refractivity contribution in [3.8, 4) is 0 Å². The fraction of sp³-hybridized carbons (Fsp3) is 0.417. The van der Waals surface area contributed by atoms with Gasteiger partial charge in [0, 0.05) is 32.1 Å². The van der Waals surface area contributed by atoms with E-state index in [4.69, 9.17) is 0 Å². The van der Waals surface area contributed by atoms with Crippen LogP contribution in [0.3, 0.4) is 0 Å². The largest absolute Gasteiger partial charge is 0.339 e. The van der Waals surface area contributed by atoms with Gasteiger partial charge in [0.1, 0.15) is 0 Å². The van der Waals surface area contributed by atoms with Gasteiger partial charge in [0.05, 0.1) is 16.1 Å². The van der Waals surface area contributed by atoms with Crippen LogP contribution in [-0.4, -0.2) is 55.6 Å². The maximum Gasteiger partial charge on any atom is 0.255 e. The molecule has 0 aliphatic carbocycles. The number of carbonyl (C=O) groups excluding carboxylic acids is 2. The number of para-hydroxylation sites is 1. The Kier molecular flexibility index (Phi) is 6.62. The third-order valence-electron chi connectivity index (χ3n) is 6.35. The zero-order valence-electron chi connectivity index (χ0n) is 18.3. The highest BCUT2D eigenvalue weighted by atomic mass is 32.2. The molecule has 2 aromatic rings. The lowest BCUT2D eigenvalue weighted by Crippen LogP contribution is -2.41. The van der Waals surface area contributed by atoms with Crippen LogP contribution in [0, 0.1) is 12.8 Å². The number of aryl methyl sites for hydroxylation is 1. The molecule has 2 aromatic carbocycles. The number of carbonyl (C=O) groups is 2. The van der Waals surface area contributed by atoms with E-state index in [1.165, 1.54) is 4.31 Å². The van der Waals surface area contributed by atoms with E-state index in [0.29, 0.717) is 37.2 Å². The monoisotopic (exact) mass is 455 g/mol. The molecule has 0 radical (unpaired) electrons. The molecule has 0 saturated carbocycles. The smallest absolute Gasteiger partial charge is 0.255 e. The number of piperidine rings is 1. The van der Waals surface area contributed by atoms with Crippen molar-refractivity contribution in [2.75, 3.05) is 31.5 Å². The fourth-order valence-electron chi connectivity index (χ4n) is 4.43. The third-order valence-corrected chi connectivity index (χ3v) is 8.26. The molecule has 0 bridgehead atoms. The van der Waals surface area contributed by atoms with Crippen molar-refractivity contribution in [1.82, 2.24) is 9.21 Å². The standard InChI is InChI=1S/C24H29N3O4S/c1-18-8-7-11-21(24(29)26-14-5-6-15-26)22(18)25-23(28)19-12-16-27(17-13-19)32(30,31)20-9-3-2-4-10-20/h2-4,7-11,19H,5-6,12-17H2,1H3,(H,25,28). The molecule has 2 saturated heterocycles. The van der Waals surface area contributed by atoms with E-state index in [0.717, 1.165) is 31.5 Å². The van der Waals surface area contributed by atoms with Crippen LogP contribution in [0.2, 0.25) is 0 Å². The van der Waals surface area contributed by atoms with E-state index in [2.05, 4.69) is 5.32 Å². The Morgan fingerprint density at radius 1 is 0.906 bits per heavy atom. The Morgan fingerprint density at radius 2 is 1.56 bits per heavy atom. The molecule has 2 fully saturated rings. The van der Waals surface area contributed by atoms with Crippen LogP contribution in [0.4, 0.5) is 5.69 Å². The summed E-state index contributed by atoms with van der Waals surface area (Å²) >= 11 is 0. The van der Waals surface area contributed by atoms with E-state index >= 15 is 0 Å². The number of anilines is 1. The second-order valence-electron chi connectivity index (χ2n) is 8.48. The predicted octanol–water partition coefficient (Wildman–Crippen LogP) is 3.27. The Labute approximate surface area is 189 Å². The van der Waals surface area contributed by atoms with E-state index in [1.54, 1.807) is 36.4 Å². The zero-order valence-corrected chi connectivity index (χ0v) is 19.1. The molecular weight excluding hydrogens is 426 g/mol. The summed E-state index contributed by atoms with van der Waals surface area (Å²) in [5.74, 6) is -0.511. The molecule has 2 aliphatic rings. The van der Waals surface area contributed by atoms with Crippen LogP contribution in [0.5, 0.6) is 0 Å². The number of likely N-dealkylation sites (tertiary alicyclic amines) is 1. The topological polar surface area (TPSA) is 86.8 Å². The average Bonchev–Trinajstić information content (AvgIpc) is 3.35. The summed E-state index contributed by atoms with van der Waals surface area (Å²) in [6, 6.07) is 13.8. The van der Waals surface area contributed by atoms with Gasteiger partial charge in [-0.3, -0.25) is 9.59 Å². The van der Waals surface area contributed by atoms with Crippen molar-refractivity contribution in [2.24, 2.45) is 5.92 Å². The van der Waals surface area contributed by atoms with Gasteiger partial charge in [-0.25, -0.2) is 8.42 Å². The number of hydrogen-bond acceptors (Lipinski definition) is 4. The van der Waals surface area contributed by atoms with E-state index in [1.807, 2.05) is 24.0 Å². The van der Waals surface area contributed by atoms with Gasteiger partial charge in [-0.2, -0.15) is 4.31 Å². The minimum absolute atomic E-state index is 0.0507. The lowest BCUT2D eigenvalue weighted by molar-refractivity contribution is -0.120. The molecule has 2 heterocycles. The highest BCUT2D eigenvalue weighted by Gasteiger charge is 2.33. The minimum atomic E-state index is -3.55. The molecule has 2 aliphatic heterocycles. The van der Waals surface area contributed by atoms with Gasteiger partial charge in [0.25, 0.3) is 5.91 Å². The molecule has 170 valence electrons. The maximum absolute atomic E-state index is 13.0. The SMILES string of the molecule is Cc1cccc(C(=O)N2CCCC2)c1NC(=O)C1CCN(S(=O)(=O)c2ccccc2)CC1. The van der Waals surface area contributed by atoms with Gasteiger partial charge < -0.3 is 10.2 Å². The van der Waals surface area contributed by atoms with Crippen molar-refractivity contribution in [3.05, 3.63) is 59.7 Å². The molecule has 7 nitrogen and oxygen atoms in total. The number of nitrogens with one attached hydrogen (secondary N) is 1. The van der Waals surface area contributed by atoms with Crippen LogP contribution in [0.25, 0.3) is 0 Å². The summed E-state index contributed by atoms with van der Waals surface area (Å²) in [7, 11) is -3.55. The lowest BCUT2D eigenvalue weighted by atomic mass is 9.96. The van der Waals surface area contributed by atoms with Gasteiger partial charge in [-0.15, -0.1) is 0 Å². The summed E-state index contributed by atoms with van der Waals surface area (Å²) in [4.78, 5) is 28.1. The first-order chi connectivity index (χ1) is 15.4. The van der Waals surface area contributed by atoms with Crippen molar-refractivity contribution < 1.29 is 18.0 Å². The number of rotatable bonds is 5. The number of amides is 2. The third kappa shape index (κ3) is 4.56. The van der Waals surface area contributed by atoms with Gasteiger partial charge in [-0.1, -0.05) is 30.3 Å². The summed E-state index contributed by atoms with van der Waals surface area (Å²) in [5.41, 5.74) is 1.92. The Bertz CT molecular complexity index is 1090. The van der Waals surface area contributed by atoms with E-state index < -0.39 is 10.0 Å². The summed E-state index contributed by atoms with van der Waals surface area (Å²) in [5, 5.41) is 2.98. The highest BCUT2D eigenvalue weighted by Crippen LogP contribution is 2.28. The van der Waals surface area contributed by atoms with E-state index in [-0.39, 0.29) is 22.6 Å². The first-order valence-electron chi connectivity index (χ1n) is 11.1. The molecule has 4 rings (SSSR count). The highest BCUT2D eigenvalue weighted by molar-refractivity contribution is 7.89. The Balaban J connectivity index is 1.43. The van der Waals surface area contributed by atoms with Crippen molar-refractivity contribution in [3.63, 3.8) is 0 Å².